The maximum atomic E-state index is 11.2. The average molecular weight is 192 g/mol. The van der Waals surface area contributed by atoms with Crippen LogP contribution in [-0.2, 0) is 14.5 Å². The van der Waals surface area contributed by atoms with E-state index in [2.05, 4.69) is 0 Å². The van der Waals surface area contributed by atoms with Crippen LogP contribution < -0.4 is 5.73 Å². The minimum absolute atomic E-state index is 0.213. The summed E-state index contributed by atoms with van der Waals surface area (Å²) in [5.74, 6) is -1.09. The van der Waals surface area contributed by atoms with E-state index < -0.39 is 21.2 Å². The van der Waals surface area contributed by atoms with Gasteiger partial charge in [0.15, 0.2) is 0 Å². The summed E-state index contributed by atoms with van der Waals surface area (Å²) in [5.41, 5.74) is 4.05. The Morgan fingerprint density at radius 3 is 2.58 bits per heavy atom. The Morgan fingerprint density at radius 2 is 2.25 bits per heavy atom. The molecule has 0 saturated carbocycles. The molecule has 0 aliphatic carbocycles. The fourth-order valence-corrected chi connectivity index (χ4v) is 3.20. The van der Waals surface area contributed by atoms with Gasteiger partial charge >= 0.3 is 5.97 Å². The van der Waals surface area contributed by atoms with Crippen LogP contribution in [0.5, 0.6) is 0 Å². The molecular weight excluding hydrogens is 180 g/mol. The Balaban J connectivity index is 2.89. The number of hydrogen-bond donors (Lipinski definition) is 3. The normalized spacial score (nSPS) is 42.4. The van der Waals surface area contributed by atoms with Crippen molar-refractivity contribution in [1.82, 2.24) is 0 Å². The average Bonchev–Trinajstić information content (AvgIpc) is 1.83. The summed E-state index contributed by atoms with van der Waals surface area (Å²) in [6, 6.07) is 0. The summed E-state index contributed by atoms with van der Waals surface area (Å²) in [5, 5.41) is 8.70. The fraction of sp³-hybridized carbons (Fsp3) is 0.833. The van der Waals surface area contributed by atoms with Crippen molar-refractivity contribution in [2.75, 3.05) is 11.5 Å². The molecule has 0 aromatic heterocycles. The summed E-state index contributed by atoms with van der Waals surface area (Å²) < 4.78 is 18.5. The number of rotatable bonds is 1. The zero-order valence-corrected chi connectivity index (χ0v) is 7.39. The van der Waals surface area contributed by atoms with Crippen molar-refractivity contribution < 1.29 is 14.1 Å². The van der Waals surface area contributed by atoms with E-state index in [1.54, 1.807) is 0 Å². The molecule has 6 heteroatoms. The summed E-state index contributed by atoms with van der Waals surface area (Å²) in [6.45, 7) is 0. The third kappa shape index (κ3) is 1.75. The molecule has 1 rings (SSSR count). The molecule has 1 aliphatic rings. The molecule has 0 spiro atoms. The Labute approximate surface area is 70.9 Å². The van der Waals surface area contributed by atoms with E-state index in [1.165, 1.54) is 0 Å². The van der Waals surface area contributed by atoms with Gasteiger partial charge in [-0.25, -0.2) is 4.21 Å². The van der Waals surface area contributed by atoms with Crippen LogP contribution in [0.4, 0.5) is 0 Å². The number of carbonyl (C=O) groups is 1. The van der Waals surface area contributed by atoms with Crippen LogP contribution in [0.3, 0.4) is 0 Å². The molecule has 0 aromatic carbocycles. The van der Waals surface area contributed by atoms with Crippen LogP contribution in [0, 0.1) is 4.78 Å². The van der Waals surface area contributed by atoms with Gasteiger partial charge in [-0.1, -0.05) is 0 Å². The zero-order chi connectivity index (χ0) is 9.41. The molecule has 0 aromatic rings. The number of nitrogens with two attached hydrogens (primary N) is 1. The molecule has 1 saturated heterocycles. The predicted molar refractivity (Wildman–Crippen MR) is 44.4 cm³/mol. The number of aliphatic carboxylic acids is 1. The predicted octanol–water partition coefficient (Wildman–Crippen LogP) is -0.391. The Hall–Kier alpha value is -0.620. The summed E-state index contributed by atoms with van der Waals surface area (Å²) in [7, 11) is -2.74. The lowest BCUT2D eigenvalue weighted by Crippen LogP contribution is -2.55. The summed E-state index contributed by atoms with van der Waals surface area (Å²) >= 11 is 0. The highest BCUT2D eigenvalue weighted by atomic mass is 32.2. The second kappa shape index (κ2) is 2.70. The smallest absolute Gasteiger partial charge is 0.324 e. The first-order chi connectivity index (χ1) is 5.36. The molecule has 1 heterocycles. The van der Waals surface area contributed by atoms with E-state index in [9.17, 15) is 9.00 Å². The van der Waals surface area contributed by atoms with Gasteiger partial charge < -0.3 is 10.8 Å². The molecule has 1 aliphatic heterocycles. The van der Waals surface area contributed by atoms with Crippen molar-refractivity contribution in [3.63, 3.8) is 0 Å². The first-order valence-electron chi connectivity index (χ1n) is 3.62. The second-order valence-electron chi connectivity index (χ2n) is 3.23. The number of nitrogens with one attached hydrogen (secondary N) is 1. The van der Waals surface area contributed by atoms with Crippen molar-refractivity contribution >= 4 is 15.7 Å². The summed E-state index contributed by atoms with van der Waals surface area (Å²) in [6.07, 6.45) is 0.781. The van der Waals surface area contributed by atoms with Crippen molar-refractivity contribution in [2.45, 2.75) is 18.4 Å². The topological polar surface area (TPSA) is 104 Å². The van der Waals surface area contributed by atoms with Crippen molar-refractivity contribution in [2.24, 2.45) is 5.73 Å². The van der Waals surface area contributed by atoms with E-state index in [4.69, 9.17) is 15.6 Å². The van der Waals surface area contributed by atoms with Crippen molar-refractivity contribution in [3.05, 3.63) is 0 Å². The first kappa shape index (κ1) is 9.47. The largest absolute Gasteiger partial charge is 0.480 e. The van der Waals surface area contributed by atoms with Crippen LogP contribution in [0.15, 0.2) is 0 Å². The molecule has 2 atom stereocenters. The van der Waals surface area contributed by atoms with Crippen LogP contribution >= 0.6 is 0 Å². The van der Waals surface area contributed by atoms with E-state index in [0.717, 1.165) is 0 Å². The van der Waals surface area contributed by atoms with E-state index >= 15 is 0 Å². The molecule has 5 nitrogen and oxygen atoms in total. The van der Waals surface area contributed by atoms with Gasteiger partial charge in [0.05, 0.1) is 5.75 Å². The highest BCUT2D eigenvalue weighted by Crippen LogP contribution is 2.20. The molecule has 2 unspecified atom stereocenters. The monoisotopic (exact) mass is 192 g/mol. The molecule has 70 valence electrons. The lowest BCUT2D eigenvalue weighted by atomic mass is 9.97. The molecular formula is C6H12N2O3S. The molecule has 0 amide bonds. The third-order valence-electron chi connectivity index (χ3n) is 2.01. The molecule has 1 fully saturated rings. The van der Waals surface area contributed by atoms with E-state index in [-0.39, 0.29) is 11.5 Å². The third-order valence-corrected chi connectivity index (χ3v) is 3.94. The van der Waals surface area contributed by atoms with Crippen LogP contribution in [0.1, 0.15) is 12.8 Å². The van der Waals surface area contributed by atoms with Gasteiger partial charge in [-0.2, -0.15) is 0 Å². The molecule has 0 bridgehead atoms. The van der Waals surface area contributed by atoms with Crippen LogP contribution in [0.25, 0.3) is 0 Å². The fourth-order valence-electron chi connectivity index (χ4n) is 1.35. The maximum absolute atomic E-state index is 11.2. The SMILES string of the molecule is N=S1(=O)CCCC(N)(C(=O)O)C1. The van der Waals surface area contributed by atoms with Crippen LogP contribution in [0.2, 0.25) is 0 Å². The minimum Gasteiger partial charge on any atom is -0.480 e. The lowest BCUT2D eigenvalue weighted by molar-refractivity contribution is -0.142. The van der Waals surface area contributed by atoms with Gasteiger partial charge in [0, 0.05) is 15.5 Å². The van der Waals surface area contributed by atoms with Gasteiger partial charge in [0.2, 0.25) is 0 Å². The molecule has 0 radical (unpaired) electrons. The Kier molecular flexibility index (Phi) is 2.13. The van der Waals surface area contributed by atoms with E-state index in [1.807, 2.05) is 0 Å². The zero-order valence-electron chi connectivity index (χ0n) is 6.58. The number of carboxylic acid groups (broad SMARTS) is 1. The maximum Gasteiger partial charge on any atom is 0.324 e. The highest BCUT2D eigenvalue weighted by Gasteiger charge is 2.40. The van der Waals surface area contributed by atoms with Gasteiger partial charge in [-0.15, -0.1) is 0 Å². The van der Waals surface area contributed by atoms with Crippen molar-refractivity contribution in [1.29, 1.82) is 4.78 Å². The molecule has 12 heavy (non-hydrogen) atoms. The van der Waals surface area contributed by atoms with Crippen molar-refractivity contribution in [3.8, 4) is 0 Å². The Bertz CT molecular complexity index is 298. The highest BCUT2D eigenvalue weighted by molar-refractivity contribution is 7.92. The van der Waals surface area contributed by atoms with E-state index in [0.29, 0.717) is 12.8 Å². The molecule has 4 N–H and O–H groups in total. The Morgan fingerprint density at radius 1 is 1.67 bits per heavy atom. The van der Waals surface area contributed by atoms with Crippen LogP contribution in [-0.4, -0.2) is 32.3 Å². The number of carboxylic acids is 1. The number of hydrogen-bond acceptors (Lipinski definition) is 4. The van der Waals surface area contributed by atoms with Gasteiger partial charge in [0.1, 0.15) is 5.54 Å². The minimum atomic E-state index is -2.74. The lowest BCUT2D eigenvalue weighted by Gasteiger charge is -2.29. The quantitative estimate of drug-likeness (QED) is 0.526. The first-order valence-corrected chi connectivity index (χ1v) is 5.52. The van der Waals surface area contributed by atoms with Gasteiger partial charge in [-0.3, -0.25) is 9.57 Å². The van der Waals surface area contributed by atoms with Gasteiger partial charge in [-0.05, 0) is 12.8 Å². The second-order valence-corrected chi connectivity index (χ2v) is 5.55. The standard InChI is InChI=1S/C6H12N2O3S/c7-6(5(9)10)2-1-3-12(8,11)4-6/h8H,1-4,7H2,(H,9,10). The van der Waals surface area contributed by atoms with Gasteiger partial charge in [0.25, 0.3) is 0 Å². The summed E-state index contributed by atoms with van der Waals surface area (Å²) in [4.78, 5) is 10.6.